The molecule has 0 aliphatic heterocycles. The third-order valence-corrected chi connectivity index (χ3v) is 4.04. The Morgan fingerprint density at radius 3 is 2.71 bits per heavy atom. The van der Waals surface area contributed by atoms with Crippen LogP contribution in [0.3, 0.4) is 0 Å². The Kier molecular flexibility index (Phi) is 4.90. The average molecular weight is 306 g/mol. The maximum Gasteiger partial charge on any atom is 0.326 e. The molecule has 0 saturated carbocycles. The molecular formula is C15H18N2O3S. The highest BCUT2D eigenvalue weighted by molar-refractivity contribution is 7.98. The van der Waals surface area contributed by atoms with Crippen LogP contribution in [-0.4, -0.2) is 39.6 Å². The minimum Gasteiger partial charge on any atom is -0.480 e. The topological polar surface area (TPSA) is 71.3 Å². The largest absolute Gasteiger partial charge is 0.480 e. The summed E-state index contributed by atoms with van der Waals surface area (Å²) in [4.78, 5) is 23.5. The van der Waals surface area contributed by atoms with E-state index in [4.69, 9.17) is 0 Å². The zero-order valence-corrected chi connectivity index (χ0v) is 12.8. The van der Waals surface area contributed by atoms with Crippen molar-refractivity contribution in [2.24, 2.45) is 7.05 Å². The Balaban J connectivity index is 2.21. The number of aliphatic carboxylic acids is 1. The average Bonchev–Trinajstić information content (AvgIpc) is 2.81. The van der Waals surface area contributed by atoms with Gasteiger partial charge in [-0.1, -0.05) is 18.2 Å². The van der Waals surface area contributed by atoms with Crippen molar-refractivity contribution in [1.82, 2.24) is 9.88 Å². The van der Waals surface area contributed by atoms with Crippen LogP contribution in [0.15, 0.2) is 30.3 Å². The Bertz CT molecular complexity index is 666. The fourth-order valence-corrected chi connectivity index (χ4v) is 2.70. The molecule has 1 atom stereocenters. The maximum absolute atomic E-state index is 12.3. The Morgan fingerprint density at radius 2 is 2.10 bits per heavy atom. The molecular weight excluding hydrogens is 288 g/mol. The minimum atomic E-state index is -1.00. The standard InChI is InChI=1S/C15H18N2O3S/c1-17-12-6-4-3-5-10(12)9-13(17)14(18)16-11(15(19)20)7-8-21-2/h3-6,9,11H,7-8H2,1-2H3,(H,16,18)(H,19,20)/t11-/m0/s1. The number of carbonyl (C=O) groups excluding carboxylic acids is 1. The van der Waals surface area contributed by atoms with E-state index in [2.05, 4.69) is 5.32 Å². The number of amides is 1. The van der Waals surface area contributed by atoms with E-state index in [9.17, 15) is 14.7 Å². The fraction of sp³-hybridized carbons (Fsp3) is 0.333. The van der Waals surface area contributed by atoms with Gasteiger partial charge < -0.3 is 15.0 Å². The molecule has 112 valence electrons. The minimum absolute atomic E-state index is 0.359. The molecule has 0 aliphatic rings. The van der Waals surface area contributed by atoms with Crippen LogP contribution < -0.4 is 5.32 Å². The van der Waals surface area contributed by atoms with Crippen LogP contribution >= 0.6 is 11.8 Å². The number of rotatable bonds is 6. The molecule has 0 spiro atoms. The van der Waals surface area contributed by atoms with E-state index in [1.54, 1.807) is 29.4 Å². The first-order valence-electron chi connectivity index (χ1n) is 6.61. The number of hydrogen-bond acceptors (Lipinski definition) is 3. The van der Waals surface area contributed by atoms with Gasteiger partial charge >= 0.3 is 5.97 Å². The van der Waals surface area contributed by atoms with Gasteiger partial charge in [-0.15, -0.1) is 0 Å². The molecule has 2 aromatic rings. The van der Waals surface area contributed by atoms with Crippen molar-refractivity contribution in [3.63, 3.8) is 0 Å². The first-order valence-corrected chi connectivity index (χ1v) is 8.01. The van der Waals surface area contributed by atoms with Gasteiger partial charge in [-0.25, -0.2) is 4.79 Å². The summed E-state index contributed by atoms with van der Waals surface area (Å²) in [6.07, 6.45) is 2.32. The number of aryl methyl sites for hydroxylation is 1. The normalized spacial score (nSPS) is 12.3. The summed E-state index contributed by atoms with van der Waals surface area (Å²) < 4.78 is 1.78. The number of hydrogen-bond donors (Lipinski definition) is 2. The van der Waals surface area contributed by atoms with Crippen LogP contribution in [0.2, 0.25) is 0 Å². The molecule has 0 saturated heterocycles. The highest BCUT2D eigenvalue weighted by atomic mass is 32.2. The zero-order chi connectivity index (χ0) is 15.4. The van der Waals surface area contributed by atoms with E-state index in [1.807, 2.05) is 30.5 Å². The monoisotopic (exact) mass is 306 g/mol. The van der Waals surface area contributed by atoms with Gasteiger partial charge in [0.2, 0.25) is 0 Å². The summed E-state index contributed by atoms with van der Waals surface area (Å²) in [6, 6.07) is 8.58. The molecule has 21 heavy (non-hydrogen) atoms. The van der Waals surface area contributed by atoms with E-state index in [-0.39, 0.29) is 5.91 Å². The first kappa shape index (κ1) is 15.4. The van der Waals surface area contributed by atoms with E-state index in [0.717, 1.165) is 10.9 Å². The van der Waals surface area contributed by atoms with E-state index in [1.165, 1.54) is 0 Å². The molecule has 6 heteroatoms. The van der Waals surface area contributed by atoms with Crippen molar-refractivity contribution in [2.45, 2.75) is 12.5 Å². The molecule has 0 bridgehead atoms. The van der Waals surface area contributed by atoms with E-state index >= 15 is 0 Å². The summed E-state index contributed by atoms with van der Waals surface area (Å²) in [6.45, 7) is 0. The molecule has 0 unspecified atom stereocenters. The number of carboxylic acids is 1. The van der Waals surface area contributed by atoms with Gasteiger partial charge in [-0.2, -0.15) is 11.8 Å². The lowest BCUT2D eigenvalue weighted by atomic mass is 10.2. The quantitative estimate of drug-likeness (QED) is 0.857. The van der Waals surface area contributed by atoms with Crippen molar-refractivity contribution in [1.29, 1.82) is 0 Å². The summed E-state index contributed by atoms with van der Waals surface area (Å²) in [5.74, 6) is -0.676. The van der Waals surface area contributed by atoms with Crippen LogP contribution in [-0.2, 0) is 11.8 Å². The Hall–Kier alpha value is -1.95. The van der Waals surface area contributed by atoms with Gasteiger partial charge in [0.05, 0.1) is 0 Å². The summed E-state index contributed by atoms with van der Waals surface area (Å²) >= 11 is 1.56. The highest BCUT2D eigenvalue weighted by Gasteiger charge is 2.22. The van der Waals surface area contributed by atoms with E-state index in [0.29, 0.717) is 17.9 Å². The first-order chi connectivity index (χ1) is 10.0. The number of carbonyl (C=O) groups is 2. The Labute approximate surface area is 127 Å². The highest BCUT2D eigenvalue weighted by Crippen LogP contribution is 2.18. The van der Waals surface area contributed by atoms with Gasteiger partial charge in [0.25, 0.3) is 5.91 Å². The maximum atomic E-state index is 12.3. The van der Waals surface area contributed by atoms with Gasteiger partial charge in [-0.3, -0.25) is 4.79 Å². The number of carboxylic acid groups (broad SMARTS) is 1. The number of fused-ring (bicyclic) bond motifs is 1. The molecule has 1 amide bonds. The van der Waals surface area contributed by atoms with Crippen LogP contribution in [0, 0.1) is 0 Å². The van der Waals surface area contributed by atoms with Crippen LogP contribution in [0.1, 0.15) is 16.9 Å². The molecule has 1 aromatic heterocycles. The predicted octanol–water partition coefficient (Wildman–Crippen LogP) is 2.11. The van der Waals surface area contributed by atoms with Gasteiger partial charge in [0.1, 0.15) is 11.7 Å². The van der Waals surface area contributed by atoms with Crippen LogP contribution in [0.5, 0.6) is 0 Å². The fourth-order valence-electron chi connectivity index (χ4n) is 2.23. The van der Waals surface area contributed by atoms with Gasteiger partial charge in [-0.05, 0) is 30.6 Å². The van der Waals surface area contributed by atoms with Crippen molar-refractivity contribution < 1.29 is 14.7 Å². The van der Waals surface area contributed by atoms with E-state index < -0.39 is 12.0 Å². The summed E-state index contributed by atoms with van der Waals surface area (Å²) in [7, 11) is 1.80. The van der Waals surface area contributed by atoms with Crippen molar-refractivity contribution in [3.8, 4) is 0 Å². The lowest BCUT2D eigenvalue weighted by Gasteiger charge is -2.14. The second-order valence-corrected chi connectivity index (χ2v) is 5.78. The molecule has 0 fully saturated rings. The van der Waals surface area contributed by atoms with Gasteiger partial charge in [0, 0.05) is 18.0 Å². The molecule has 1 aromatic carbocycles. The molecule has 0 radical (unpaired) electrons. The number of nitrogens with one attached hydrogen (secondary N) is 1. The smallest absolute Gasteiger partial charge is 0.326 e. The van der Waals surface area contributed by atoms with Crippen molar-refractivity contribution in [3.05, 3.63) is 36.0 Å². The molecule has 0 aliphatic carbocycles. The molecule has 5 nitrogen and oxygen atoms in total. The number of aromatic nitrogens is 1. The number of benzene rings is 1. The third kappa shape index (κ3) is 3.39. The lowest BCUT2D eigenvalue weighted by molar-refractivity contribution is -0.139. The second kappa shape index (κ2) is 6.67. The van der Waals surface area contributed by atoms with Gasteiger partial charge in [0.15, 0.2) is 0 Å². The van der Waals surface area contributed by atoms with Crippen LogP contribution in [0.4, 0.5) is 0 Å². The zero-order valence-electron chi connectivity index (χ0n) is 12.0. The second-order valence-electron chi connectivity index (χ2n) is 4.79. The summed E-state index contributed by atoms with van der Waals surface area (Å²) in [5, 5.41) is 12.7. The predicted molar refractivity (Wildman–Crippen MR) is 84.8 cm³/mol. The number of thioether (sulfide) groups is 1. The van der Waals surface area contributed by atoms with Crippen molar-refractivity contribution >= 4 is 34.5 Å². The molecule has 1 heterocycles. The van der Waals surface area contributed by atoms with Crippen LogP contribution in [0.25, 0.3) is 10.9 Å². The lowest BCUT2D eigenvalue weighted by Crippen LogP contribution is -2.41. The number of para-hydroxylation sites is 1. The van der Waals surface area contributed by atoms with Crippen molar-refractivity contribution in [2.75, 3.05) is 12.0 Å². The molecule has 2 N–H and O–H groups in total. The third-order valence-electron chi connectivity index (χ3n) is 3.40. The SMILES string of the molecule is CSCC[C@H](NC(=O)c1cc2ccccc2n1C)C(=O)O. The number of nitrogens with zero attached hydrogens (tertiary/aromatic N) is 1. The summed E-state index contributed by atoms with van der Waals surface area (Å²) in [5.41, 5.74) is 1.41. The Morgan fingerprint density at radius 1 is 1.38 bits per heavy atom. The molecule has 2 rings (SSSR count).